The average molecular weight is 333 g/mol. The molecule has 24 heavy (non-hydrogen) atoms. The molecule has 0 aliphatic carbocycles. The molecule has 0 bridgehead atoms. The summed E-state index contributed by atoms with van der Waals surface area (Å²) in [7, 11) is 1.66. The van der Waals surface area contributed by atoms with Crippen molar-refractivity contribution in [3.63, 3.8) is 0 Å². The first-order valence-corrected chi connectivity index (χ1v) is 8.48. The highest BCUT2D eigenvalue weighted by atomic mass is 16.3. The molecule has 7 nitrogen and oxygen atoms in total. The molecule has 0 radical (unpaired) electrons. The maximum atomic E-state index is 12.8. The molecule has 7 heteroatoms. The SMILES string of the molecule is CN(CCN1CCCC1=O)C(=O)c1c(O)cc(=O)n2c1CCCC2. The molecule has 2 aliphatic heterocycles. The van der Waals surface area contributed by atoms with Crippen LogP contribution in [0.3, 0.4) is 0 Å². The van der Waals surface area contributed by atoms with Crippen LogP contribution >= 0.6 is 0 Å². The van der Waals surface area contributed by atoms with Crippen LogP contribution in [0.5, 0.6) is 5.75 Å². The van der Waals surface area contributed by atoms with Gasteiger partial charge in [0.1, 0.15) is 11.3 Å². The van der Waals surface area contributed by atoms with Gasteiger partial charge in [-0.1, -0.05) is 0 Å². The number of hydrogen-bond acceptors (Lipinski definition) is 4. The molecule has 1 N–H and O–H groups in total. The zero-order valence-electron chi connectivity index (χ0n) is 14.0. The summed E-state index contributed by atoms with van der Waals surface area (Å²) in [5.41, 5.74) is 0.592. The van der Waals surface area contributed by atoms with Crippen LogP contribution in [0.2, 0.25) is 0 Å². The standard InChI is InChI=1S/C17H23N3O4/c1-18(9-10-19-7-4-6-14(19)22)17(24)16-12-5-2-3-8-20(12)15(23)11-13(16)21/h11,21H,2-10H2,1H3. The Hall–Kier alpha value is -2.31. The van der Waals surface area contributed by atoms with Gasteiger partial charge >= 0.3 is 0 Å². The summed E-state index contributed by atoms with van der Waals surface area (Å²) in [5, 5.41) is 10.2. The smallest absolute Gasteiger partial charge is 0.259 e. The maximum absolute atomic E-state index is 12.8. The van der Waals surface area contributed by atoms with E-state index >= 15 is 0 Å². The zero-order valence-corrected chi connectivity index (χ0v) is 14.0. The van der Waals surface area contributed by atoms with E-state index in [0.29, 0.717) is 38.2 Å². The van der Waals surface area contributed by atoms with Gasteiger partial charge in [-0.05, 0) is 25.7 Å². The average Bonchev–Trinajstić information content (AvgIpc) is 2.97. The quantitative estimate of drug-likeness (QED) is 0.874. The number of likely N-dealkylation sites (N-methyl/N-ethyl adjacent to an activating group) is 1. The van der Waals surface area contributed by atoms with E-state index < -0.39 is 0 Å². The molecule has 0 aromatic carbocycles. The minimum Gasteiger partial charge on any atom is -0.507 e. The predicted octanol–water partition coefficient (Wildman–Crippen LogP) is 0.585. The van der Waals surface area contributed by atoms with E-state index in [1.165, 1.54) is 4.90 Å². The topological polar surface area (TPSA) is 82.9 Å². The van der Waals surface area contributed by atoms with E-state index in [0.717, 1.165) is 31.9 Å². The van der Waals surface area contributed by atoms with Crippen LogP contribution in [-0.4, -0.2) is 58.0 Å². The normalized spacial score (nSPS) is 17.0. The number of aromatic hydroxyl groups is 1. The molecule has 0 spiro atoms. The van der Waals surface area contributed by atoms with Gasteiger partial charge < -0.3 is 19.5 Å². The first kappa shape index (κ1) is 16.5. The van der Waals surface area contributed by atoms with Crippen molar-refractivity contribution in [1.29, 1.82) is 0 Å². The Labute approximate surface area is 140 Å². The Balaban J connectivity index is 1.79. The van der Waals surface area contributed by atoms with E-state index in [1.807, 2.05) is 0 Å². The summed E-state index contributed by atoms with van der Waals surface area (Å²) in [6.45, 7) is 2.22. The van der Waals surface area contributed by atoms with Crippen LogP contribution < -0.4 is 5.56 Å². The summed E-state index contributed by atoms with van der Waals surface area (Å²) >= 11 is 0. The van der Waals surface area contributed by atoms with Crippen LogP contribution in [0.15, 0.2) is 10.9 Å². The molecule has 1 aromatic rings. The van der Waals surface area contributed by atoms with Gasteiger partial charge in [-0.15, -0.1) is 0 Å². The van der Waals surface area contributed by atoms with Gasteiger partial charge in [0.05, 0.1) is 0 Å². The molecule has 3 rings (SSSR count). The molecular weight excluding hydrogens is 310 g/mol. The van der Waals surface area contributed by atoms with Gasteiger partial charge in [-0.25, -0.2) is 0 Å². The highest BCUT2D eigenvalue weighted by Gasteiger charge is 2.26. The molecule has 1 aromatic heterocycles. The van der Waals surface area contributed by atoms with Gasteiger partial charge in [-0.3, -0.25) is 14.4 Å². The van der Waals surface area contributed by atoms with Crippen molar-refractivity contribution in [1.82, 2.24) is 14.4 Å². The van der Waals surface area contributed by atoms with Crippen LogP contribution in [0.4, 0.5) is 0 Å². The molecule has 130 valence electrons. The molecule has 2 amide bonds. The third-order valence-electron chi connectivity index (χ3n) is 4.88. The number of amides is 2. The van der Waals surface area contributed by atoms with Gasteiger partial charge in [-0.2, -0.15) is 0 Å². The summed E-state index contributed by atoms with van der Waals surface area (Å²) < 4.78 is 1.59. The number of aromatic nitrogens is 1. The predicted molar refractivity (Wildman–Crippen MR) is 88.1 cm³/mol. The van der Waals surface area contributed by atoms with Crippen molar-refractivity contribution in [3.8, 4) is 5.75 Å². The number of rotatable bonds is 4. The van der Waals surface area contributed by atoms with Crippen molar-refractivity contribution < 1.29 is 14.7 Å². The second kappa shape index (κ2) is 6.67. The Morgan fingerprint density at radius 1 is 1.21 bits per heavy atom. The number of carbonyl (C=O) groups excluding carboxylic acids is 2. The molecule has 2 aliphatic rings. The number of carbonyl (C=O) groups is 2. The highest BCUT2D eigenvalue weighted by molar-refractivity contribution is 5.97. The first-order chi connectivity index (χ1) is 11.5. The highest BCUT2D eigenvalue weighted by Crippen LogP contribution is 2.25. The van der Waals surface area contributed by atoms with Gasteiger partial charge in [0.15, 0.2) is 0 Å². The number of fused-ring (bicyclic) bond motifs is 1. The lowest BCUT2D eigenvalue weighted by atomic mass is 10.0. The number of hydrogen-bond donors (Lipinski definition) is 1. The fourth-order valence-electron chi connectivity index (χ4n) is 3.49. The molecule has 0 unspecified atom stereocenters. The van der Waals surface area contributed by atoms with Crippen LogP contribution in [0.1, 0.15) is 41.7 Å². The Morgan fingerprint density at radius 2 is 2.00 bits per heavy atom. The lowest BCUT2D eigenvalue weighted by molar-refractivity contribution is -0.127. The lowest BCUT2D eigenvalue weighted by Gasteiger charge is -2.26. The van der Waals surface area contributed by atoms with Crippen molar-refractivity contribution in [3.05, 3.63) is 27.7 Å². The summed E-state index contributed by atoms with van der Waals surface area (Å²) in [5.74, 6) is -0.422. The van der Waals surface area contributed by atoms with Gasteiger partial charge in [0.25, 0.3) is 11.5 Å². The zero-order chi connectivity index (χ0) is 17.3. The third-order valence-corrected chi connectivity index (χ3v) is 4.88. The van der Waals surface area contributed by atoms with Crippen molar-refractivity contribution in [2.45, 2.75) is 38.6 Å². The monoisotopic (exact) mass is 333 g/mol. The molecule has 0 atom stereocenters. The van der Waals surface area contributed by atoms with E-state index in [9.17, 15) is 19.5 Å². The number of nitrogens with zero attached hydrogens (tertiary/aromatic N) is 3. The second-order valence-corrected chi connectivity index (χ2v) is 6.51. The Bertz CT molecular complexity index is 725. The van der Waals surface area contributed by atoms with Crippen molar-refractivity contribution in [2.24, 2.45) is 0 Å². The summed E-state index contributed by atoms with van der Waals surface area (Å²) in [6, 6.07) is 1.12. The van der Waals surface area contributed by atoms with E-state index in [4.69, 9.17) is 0 Å². The Morgan fingerprint density at radius 3 is 2.71 bits per heavy atom. The summed E-state index contributed by atoms with van der Waals surface area (Å²) in [6.07, 6.45) is 3.86. The third kappa shape index (κ3) is 3.02. The van der Waals surface area contributed by atoms with Crippen molar-refractivity contribution in [2.75, 3.05) is 26.7 Å². The lowest BCUT2D eigenvalue weighted by Crippen LogP contribution is -2.38. The van der Waals surface area contributed by atoms with E-state index in [2.05, 4.69) is 0 Å². The summed E-state index contributed by atoms with van der Waals surface area (Å²) in [4.78, 5) is 39.7. The van der Waals surface area contributed by atoms with Gasteiger partial charge in [0, 0.05) is 51.4 Å². The number of likely N-dealkylation sites (tertiary alicyclic amines) is 1. The van der Waals surface area contributed by atoms with Crippen LogP contribution in [0.25, 0.3) is 0 Å². The first-order valence-electron chi connectivity index (χ1n) is 8.48. The van der Waals surface area contributed by atoms with Crippen molar-refractivity contribution >= 4 is 11.8 Å². The molecular formula is C17H23N3O4. The van der Waals surface area contributed by atoms with Crippen LogP contribution in [0, 0.1) is 0 Å². The largest absolute Gasteiger partial charge is 0.507 e. The van der Waals surface area contributed by atoms with E-state index in [1.54, 1.807) is 16.5 Å². The fourth-order valence-corrected chi connectivity index (χ4v) is 3.49. The molecule has 1 saturated heterocycles. The van der Waals surface area contributed by atoms with E-state index in [-0.39, 0.29) is 28.7 Å². The van der Waals surface area contributed by atoms with Crippen LogP contribution in [-0.2, 0) is 17.8 Å². The molecule has 1 fully saturated rings. The Kier molecular flexibility index (Phi) is 4.59. The number of pyridine rings is 1. The fraction of sp³-hybridized carbons (Fsp3) is 0.588. The minimum absolute atomic E-state index is 0.127. The minimum atomic E-state index is -0.301. The molecule has 3 heterocycles. The molecule has 0 saturated carbocycles. The maximum Gasteiger partial charge on any atom is 0.259 e. The van der Waals surface area contributed by atoms with Gasteiger partial charge in [0.2, 0.25) is 5.91 Å². The second-order valence-electron chi connectivity index (χ2n) is 6.51.